The van der Waals surface area contributed by atoms with Crippen LogP contribution >= 0.6 is 0 Å². The standard InChI is InChI=1S/C9H14O4/c10-8(11)4-9(12)3-7(13-5-9)6-1-2-6/h6-7,12H,1-5H2,(H,10,11)/t7-,9+/m0/s1. The van der Waals surface area contributed by atoms with Crippen LogP contribution in [-0.2, 0) is 9.53 Å². The first-order valence-electron chi connectivity index (χ1n) is 4.65. The van der Waals surface area contributed by atoms with Crippen molar-refractivity contribution in [3.05, 3.63) is 0 Å². The van der Waals surface area contributed by atoms with Gasteiger partial charge in [0.2, 0.25) is 0 Å². The summed E-state index contributed by atoms with van der Waals surface area (Å²) >= 11 is 0. The van der Waals surface area contributed by atoms with Gasteiger partial charge in [-0.05, 0) is 18.8 Å². The summed E-state index contributed by atoms with van der Waals surface area (Å²) in [7, 11) is 0. The second-order valence-corrected chi connectivity index (χ2v) is 4.19. The Hall–Kier alpha value is -0.610. The van der Waals surface area contributed by atoms with Crippen molar-refractivity contribution in [3.63, 3.8) is 0 Å². The van der Waals surface area contributed by atoms with Crippen LogP contribution in [0.25, 0.3) is 0 Å². The van der Waals surface area contributed by atoms with Crippen molar-refractivity contribution in [1.29, 1.82) is 0 Å². The highest BCUT2D eigenvalue weighted by molar-refractivity contribution is 5.68. The first-order chi connectivity index (χ1) is 6.09. The molecular formula is C9H14O4. The van der Waals surface area contributed by atoms with Crippen LogP contribution in [0, 0.1) is 5.92 Å². The number of carbonyl (C=O) groups is 1. The van der Waals surface area contributed by atoms with E-state index in [9.17, 15) is 9.90 Å². The molecule has 0 aromatic carbocycles. The third-order valence-electron chi connectivity index (χ3n) is 2.78. The zero-order valence-corrected chi connectivity index (χ0v) is 7.40. The fourth-order valence-electron chi connectivity index (χ4n) is 1.93. The quantitative estimate of drug-likeness (QED) is 0.669. The molecule has 0 bridgehead atoms. The molecule has 2 N–H and O–H groups in total. The molecular weight excluding hydrogens is 172 g/mol. The molecule has 0 aromatic heterocycles. The Morgan fingerprint density at radius 1 is 1.54 bits per heavy atom. The van der Waals surface area contributed by atoms with Gasteiger partial charge in [-0.15, -0.1) is 0 Å². The lowest BCUT2D eigenvalue weighted by atomic mass is 9.95. The van der Waals surface area contributed by atoms with Crippen LogP contribution in [0.2, 0.25) is 0 Å². The van der Waals surface area contributed by atoms with Crippen molar-refractivity contribution in [2.24, 2.45) is 5.92 Å². The lowest BCUT2D eigenvalue weighted by Crippen LogP contribution is -2.32. The molecule has 0 amide bonds. The van der Waals surface area contributed by atoms with Crippen molar-refractivity contribution in [2.75, 3.05) is 6.61 Å². The minimum Gasteiger partial charge on any atom is -0.481 e. The maximum atomic E-state index is 10.4. The SMILES string of the molecule is O=C(O)C[C@@]1(O)CO[C@H](C2CC2)C1. The highest BCUT2D eigenvalue weighted by Crippen LogP contribution is 2.42. The molecule has 0 spiro atoms. The molecule has 1 saturated heterocycles. The van der Waals surface area contributed by atoms with Crippen molar-refractivity contribution in [2.45, 2.75) is 37.4 Å². The van der Waals surface area contributed by atoms with Gasteiger partial charge in [0.05, 0.1) is 19.1 Å². The molecule has 1 heterocycles. The van der Waals surface area contributed by atoms with Crippen LogP contribution in [0.15, 0.2) is 0 Å². The number of aliphatic hydroxyl groups is 1. The maximum absolute atomic E-state index is 10.4. The molecule has 2 atom stereocenters. The maximum Gasteiger partial charge on any atom is 0.306 e. The molecule has 0 unspecified atom stereocenters. The van der Waals surface area contributed by atoms with Gasteiger partial charge in [-0.1, -0.05) is 0 Å². The fraction of sp³-hybridized carbons (Fsp3) is 0.889. The van der Waals surface area contributed by atoms with Crippen molar-refractivity contribution in [3.8, 4) is 0 Å². The number of aliphatic carboxylic acids is 1. The van der Waals surface area contributed by atoms with E-state index < -0.39 is 11.6 Å². The summed E-state index contributed by atoms with van der Waals surface area (Å²) in [6.45, 7) is 0.181. The molecule has 0 radical (unpaired) electrons. The Labute approximate surface area is 76.5 Å². The molecule has 2 rings (SSSR count). The number of hydrogen-bond donors (Lipinski definition) is 2. The van der Waals surface area contributed by atoms with Crippen LogP contribution < -0.4 is 0 Å². The van der Waals surface area contributed by atoms with E-state index in [4.69, 9.17) is 9.84 Å². The molecule has 1 saturated carbocycles. The van der Waals surface area contributed by atoms with E-state index >= 15 is 0 Å². The second kappa shape index (κ2) is 2.96. The molecule has 13 heavy (non-hydrogen) atoms. The van der Waals surface area contributed by atoms with Crippen molar-refractivity contribution < 1.29 is 19.7 Å². The Morgan fingerprint density at radius 2 is 2.23 bits per heavy atom. The van der Waals surface area contributed by atoms with E-state index in [0.717, 1.165) is 12.8 Å². The predicted octanol–water partition coefficient (Wildman–Crippen LogP) is 0.391. The van der Waals surface area contributed by atoms with Gasteiger partial charge in [0, 0.05) is 6.42 Å². The summed E-state index contributed by atoms with van der Waals surface area (Å²) in [6, 6.07) is 0. The predicted molar refractivity (Wildman–Crippen MR) is 44.3 cm³/mol. The van der Waals surface area contributed by atoms with Crippen molar-refractivity contribution in [1.82, 2.24) is 0 Å². The lowest BCUT2D eigenvalue weighted by Gasteiger charge is -2.17. The molecule has 1 aliphatic carbocycles. The van der Waals surface area contributed by atoms with Gasteiger partial charge in [-0.25, -0.2) is 0 Å². The van der Waals surface area contributed by atoms with Gasteiger partial charge in [-0.3, -0.25) is 4.79 Å². The number of carboxylic acids is 1. The number of carboxylic acid groups (broad SMARTS) is 1. The number of rotatable bonds is 3. The summed E-state index contributed by atoms with van der Waals surface area (Å²) in [5, 5.41) is 18.4. The molecule has 2 fully saturated rings. The molecule has 4 heteroatoms. The minimum absolute atomic E-state index is 0.101. The lowest BCUT2D eigenvalue weighted by molar-refractivity contribution is -0.142. The van der Waals surface area contributed by atoms with Crippen molar-refractivity contribution >= 4 is 5.97 Å². The monoisotopic (exact) mass is 186 g/mol. The van der Waals surface area contributed by atoms with Gasteiger partial charge in [0.1, 0.15) is 5.60 Å². The average Bonchev–Trinajstić information content (AvgIpc) is 2.75. The van der Waals surface area contributed by atoms with Crippen LogP contribution in [0.5, 0.6) is 0 Å². The summed E-state index contributed by atoms with van der Waals surface area (Å²) < 4.78 is 5.38. The smallest absolute Gasteiger partial charge is 0.306 e. The highest BCUT2D eigenvalue weighted by Gasteiger charge is 2.45. The average molecular weight is 186 g/mol. The molecule has 74 valence electrons. The number of ether oxygens (including phenoxy) is 1. The third kappa shape index (κ3) is 2.00. The van der Waals surface area contributed by atoms with Gasteiger partial charge in [0.25, 0.3) is 0 Å². The van der Waals surface area contributed by atoms with E-state index in [-0.39, 0.29) is 19.1 Å². The van der Waals surface area contributed by atoms with Gasteiger partial charge < -0.3 is 14.9 Å². The van der Waals surface area contributed by atoms with Gasteiger partial charge in [0.15, 0.2) is 0 Å². The topological polar surface area (TPSA) is 66.8 Å². The Bertz CT molecular complexity index is 224. The van der Waals surface area contributed by atoms with E-state index in [1.54, 1.807) is 0 Å². The first kappa shape index (κ1) is 8.97. The summed E-state index contributed by atoms with van der Waals surface area (Å²) in [4.78, 5) is 10.4. The molecule has 4 nitrogen and oxygen atoms in total. The number of hydrogen-bond acceptors (Lipinski definition) is 3. The van der Waals surface area contributed by atoms with Crippen LogP contribution in [-0.4, -0.2) is 34.5 Å². The normalized spacial score (nSPS) is 39.3. The summed E-state index contributed by atoms with van der Waals surface area (Å²) in [5.41, 5.74) is -1.11. The van der Waals surface area contributed by atoms with Gasteiger partial charge >= 0.3 is 5.97 Å². The van der Waals surface area contributed by atoms with E-state index in [1.807, 2.05) is 0 Å². The Kier molecular flexibility index (Phi) is 2.04. The molecule has 0 aromatic rings. The fourth-order valence-corrected chi connectivity index (χ4v) is 1.93. The third-order valence-corrected chi connectivity index (χ3v) is 2.78. The Morgan fingerprint density at radius 3 is 2.77 bits per heavy atom. The highest BCUT2D eigenvalue weighted by atomic mass is 16.5. The summed E-state index contributed by atoms with van der Waals surface area (Å²) in [5.74, 6) is -0.384. The van der Waals surface area contributed by atoms with Crippen LogP contribution in [0.3, 0.4) is 0 Å². The Balaban J connectivity index is 1.90. The zero-order valence-electron chi connectivity index (χ0n) is 7.40. The molecule has 1 aliphatic heterocycles. The van der Waals surface area contributed by atoms with Crippen LogP contribution in [0.4, 0.5) is 0 Å². The summed E-state index contributed by atoms with van der Waals surface area (Å²) in [6.07, 6.45) is 2.71. The largest absolute Gasteiger partial charge is 0.481 e. The zero-order chi connectivity index (χ0) is 9.47. The molecule has 2 aliphatic rings. The van der Waals surface area contributed by atoms with E-state index in [1.165, 1.54) is 0 Å². The minimum atomic E-state index is -1.11. The second-order valence-electron chi connectivity index (χ2n) is 4.19. The van der Waals surface area contributed by atoms with E-state index in [2.05, 4.69) is 0 Å². The van der Waals surface area contributed by atoms with Gasteiger partial charge in [-0.2, -0.15) is 0 Å². The first-order valence-corrected chi connectivity index (χ1v) is 4.65. The van der Waals surface area contributed by atoms with E-state index in [0.29, 0.717) is 12.3 Å². The van der Waals surface area contributed by atoms with Crippen LogP contribution in [0.1, 0.15) is 25.7 Å².